The van der Waals surface area contributed by atoms with E-state index in [-0.39, 0.29) is 17.4 Å². The average Bonchev–Trinajstić information content (AvgIpc) is 3.03. The normalized spacial score (nSPS) is 16.7. The summed E-state index contributed by atoms with van der Waals surface area (Å²) in [5.41, 5.74) is 0.930. The average molecular weight is 378 g/mol. The lowest BCUT2D eigenvalue weighted by molar-refractivity contribution is -0.122. The van der Waals surface area contributed by atoms with Crippen molar-refractivity contribution in [2.75, 3.05) is 13.7 Å². The Labute approximate surface area is 158 Å². The molecule has 26 heavy (non-hydrogen) atoms. The Morgan fingerprint density at radius 3 is 2.69 bits per heavy atom. The number of nitrogens with one attached hydrogen (secondary N) is 1. The number of rotatable bonds is 8. The standard InChI is InChI=1S/C19H24ClN3O3/c1-13(12-25-2)21-16(24)8-9-17-22-23-18(26-17)19(10-3-11-19)14-4-6-15(20)7-5-14/h4-7,13H,3,8-12H2,1-2H3,(H,21,24)/t13-/m0/s1. The third kappa shape index (κ3) is 4.07. The molecule has 140 valence electrons. The molecule has 0 bridgehead atoms. The number of amides is 1. The molecule has 3 rings (SSSR count). The fourth-order valence-corrected chi connectivity index (χ4v) is 3.46. The first kappa shape index (κ1) is 18.9. The Bertz CT molecular complexity index is 741. The van der Waals surface area contributed by atoms with E-state index in [1.807, 2.05) is 31.2 Å². The number of halogens is 1. The molecular weight excluding hydrogens is 354 g/mol. The molecule has 1 aliphatic rings. The summed E-state index contributed by atoms with van der Waals surface area (Å²) in [6.45, 7) is 2.39. The van der Waals surface area contributed by atoms with E-state index in [1.54, 1.807) is 7.11 Å². The van der Waals surface area contributed by atoms with Crippen LogP contribution in [-0.4, -0.2) is 35.9 Å². The van der Waals surface area contributed by atoms with Gasteiger partial charge in [0, 0.05) is 31.0 Å². The molecule has 1 N–H and O–H groups in total. The molecule has 1 aromatic heterocycles. The van der Waals surface area contributed by atoms with Crippen LogP contribution in [0.15, 0.2) is 28.7 Å². The van der Waals surface area contributed by atoms with E-state index < -0.39 is 0 Å². The zero-order chi connectivity index (χ0) is 18.6. The van der Waals surface area contributed by atoms with Crippen molar-refractivity contribution in [2.24, 2.45) is 0 Å². The Balaban J connectivity index is 1.63. The number of benzene rings is 1. The molecular formula is C19H24ClN3O3. The van der Waals surface area contributed by atoms with Gasteiger partial charge in [-0.15, -0.1) is 10.2 Å². The second-order valence-corrected chi connectivity index (χ2v) is 7.30. The third-order valence-corrected chi connectivity index (χ3v) is 5.12. The van der Waals surface area contributed by atoms with Crippen LogP contribution < -0.4 is 5.32 Å². The topological polar surface area (TPSA) is 77.2 Å². The van der Waals surface area contributed by atoms with E-state index in [0.717, 1.165) is 24.8 Å². The minimum Gasteiger partial charge on any atom is -0.424 e. The van der Waals surface area contributed by atoms with Gasteiger partial charge in [-0.3, -0.25) is 4.79 Å². The smallest absolute Gasteiger partial charge is 0.227 e. The second-order valence-electron chi connectivity index (χ2n) is 6.87. The van der Waals surface area contributed by atoms with Crippen LogP contribution in [0, 0.1) is 0 Å². The second kappa shape index (κ2) is 8.18. The van der Waals surface area contributed by atoms with E-state index in [1.165, 1.54) is 0 Å². The molecule has 1 amide bonds. The zero-order valence-electron chi connectivity index (χ0n) is 15.1. The molecule has 1 heterocycles. The molecule has 1 aliphatic carbocycles. The van der Waals surface area contributed by atoms with Crippen molar-refractivity contribution in [2.45, 2.75) is 50.5 Å². The van der Waals surface area contributed by atoms with E-state index in [4.69, 9.17) is 20.8 Å². The van der Waals surface area contributed by atoms with Crippen molar-refractivity contribution in [3.05, 3.63) is 46.6 Å². The van der Waals surface area contributed by atoms with Crippen molar-refractivity contribution in [1.82, 2.24) is 15.5 Å². The van der Waals surface area contributed by atoms with Crippen molar-refractivity contribution >= 4 is 17.5 Å². The summed E-state index contributed by atoms with van der Waals surface area (Å²) < 4.78 is 10.9. The van der Waals surface area contributed by atoms with Gasteiger partial charge in [-0.2, -0.15) is 0 Å². The predicted molar refractivity (Wildman–Crippen MR) is 98.2 cm³/mol. The van der Waals surface area contributed by atoms with Gasteiger partial charge in [-0.05, 0) is 37.5 Å². The first-order valence-corrected chi connectivity index (χ1v) is 9.28. The van der Waals surface area contributed by atoms with Gasteiger partial charge in [0.1, 0.15) is 0 Å². The highest BCUT2D eigenvalue weighted by molar-refractivity contribution is 6.30. The molecule has 0 saturated heterocycles. The van der Waals surface area contributed by atoms with Crippen LogP contribution in [0.25, 0.3) is 0 Å². The minimum atomic E-state index is -0.217. The summed E-state index contributed by atoms with van der Waals surface area (Å²) in [6.07, 6.45) is 3.82. The molecule has 0 aliphatic heterocycles. The summed E-state index contributed by atoms with van der Waals surface area (Å²) in [4.78, 5) is 12.0. The summed E-state index contributed by atoms with van der Waals surface area (Å²) in [6, 6.07) is 7.81. The van der Waals surface area contributed by atoms with Gasteiger partial charge in [0.05, 0.1) is 12.0 Å². The van der Waals surface area contributed by atoms with Crippen LogP contribution in [0.3, 0.4) is 0 Å². The minimum absolute atomic E-state index is 0.0195. The van der Waals surface area contributed by atoms with Crippen molar-refractivity contribution in [3.8, 4) is 0 Å². The first-order valence-electron chi connectivity index (χ1n) is 8.91. The highest BCUT2D eigenvalue weighted by Crippen LogP contribution is 2.48. The van der Waals surface area contributed by atoms with E-state index >= 15 is 0 Å². The molecule has 0 spiro atoms. The molecule has 0 radical (unpaired) electrons. The maximum atomic E-state index is 12.0. The Kier molecular flexibility index (Phi) is 5.94. The Morgan fingerprint density at radius 2 is 2.08 bits per heavy atom. The Morgan fingerprint density at radius 1 is 1.35 bits per heavy atom. The molecule has 1 aromatic carbocycles. The van der Waals surface area contributed by atoms with E-state index in [0.29, 0.717) is 36.3 Å². The number of hydrogen-bond acceptors (Lipinski definition) is 5. The van der Waals surface area contributed by atoms with Crippen molar-refractivity contribution in [3.63, 3.8) is 0 Å². The van der Waals surface area contributed by atoms with E-state index in [9.17, 15) is 4.79 Å². The van der Waals surface area contributed by atoms with Crippen LogP contribution in [0.5, 0.6) is 0 Å². The largest absolute Gasteiger partial charge is 0.424 e. The van der Waals surface area contributed by atoms with Gasteiger partial charge in [0.2, 0.25) is 17.7 Å². The van der Waals surface area contributed by atoms with Gasteiger partial charge in [0.15, 0.2) is 0 Å². The monoisotopic (exact) mass is 377 g/mol. The molecule has 7 heteroatoms. The molecule has 2 aromatic rings. The molecule has 1 saturated carbocycles. The molecule has 1 fully saturated rings. The lowest BCUT2D eigenvalue weighted by atomic mass is 9.64. The highest BCUT2D eigenvalue weighted by Gasteiger charge is 2.45. The van der Waals surface area contributed by atoms with Gasteiger partial charge in [-0.25, -0.2) is 0 Å². The fourth-order valence-electron chi connectivity index (χ4n) is 3.33. The number of aryl methyl sites for hydroxylation is 1. The van der Waals surface area contributed by atoms with Gasteiger partial charge < -0.3 is 14.5 Å². The first-order chi connectivity index (χ1) is 12.5. The summed E-state index contributed by atoms with van der Waals surface area (Å²) >= 11 is 6.00. The lowest BCUT2D eigenvalue weighted by Crippen LogP contribution is -2.36. The van der Waals surface area contributed by atoms with Crippen LogP contribution in [0.1, 0.15) is 50.0 Å². The number of carbonyl (C=O) groups is 1. The molecule has 6 nitrogen and oxygen atoms in total. The number of nitrogens with zero attached hydrogens (tertiary/aromatic N) is 2. The maximum absolute atomic E-state index is 12.0. The summed E-state index contributed by atoms with van der Waals surface area (Å²) in [5.74, 6) is 1.08. The molecule has 0 unspecified atom stereocenters. The fraction of sp³-hybridized carbons (Fsp3) is 0.526. The van der Waals surface area contributed by atoms with Crippen LogP contribution in [0.2, 0.25) is 5.02 Å². The van der Waals surface area contributed by atoms with Crippen molar-refractivity contribution in [1.29, 1.82) is 0 Å². The predicted octanol–water partition coefficient (Wildman–Crippen LogP) is 3.28. The summed E-state index contributed by atoms with van der Waals surface area (Å²) in [7, 11) is 1.61. The van der Waals surface area contributed by atoms with Crippen LogP contribution >= 0.6 is 11.6 Å². The van der Waals surface area contributed by atoms with Crippen molar-refractivity contribution < 1.29 is 13.9 Å². The highest BCUT2D eigenvalue weighted by atomic mass is 35.5. The van der Waals surface area contributed by atoms with Crippen LogP contribution in [-0.2, 0) is 21.4 Å². The number of ether oxygens (including phenoxy) is 1. The van der Waals surface area contributed by atoms with Crippen LogP contribution in [0.4, 0.5) is 0 Å². The number of hydrogen-bond donors (Lipinski definition) is 1. The Hall–Kier alpha value is -1.92. The summed E-state index contributed by atoms with van der Waals surface area (Å²) in [5, 5.41) is 12.0. The van der Waals surface area contributed by atoms with Gasteiger partial charge >= 0.3 is 0 Å². The van der Waals surface area contributed by atoms with E-state index in [2.05, 4.69) is 15.5 Å². The molecule has 1 atom stereocenters. The lowest BCUT2D eigenvalue weighted by Gasteiger charge is -2.39. The van der Waals surface area contributed by atoms with Gasteiger partial charge in [0.25, 0.3) is 0 Å². The number of carbonyl (C=O) groups excluding carboxylic acids is 1. The number of methoxy groups -OCH3 is 1. The van der Waals surface area contributed by atoms with Gasteiger partial charge in [-0.1, -0.05) is 30.2 Å². The zero-order valence-corrected chi connectivity index (χ0v) is 15.9. The third-order valence-electron chi connectivity index (χ3n) is 4.87. The SMILES string of the molecule is COC[C@H](C)NC(=O)CCc1nnc(C2(c3ccc(Cl)cc3)CCC2)o1. The number of aromatic nitrogens is 2. The maximum Gasteiger partial charge on any atom is 0.227 e. The quantitative estimate of drug-likeness (QED) is 0.763.